The van der Waals surface area contributed by atoms with E-state index in [2.05, 4.69) is 0 Å². The van der Waals surface area contributed by atoms with Crippen molar-refractivity contribution in [1.29, 1.82) is 0 Å². The molecule has 6 nitrogen and oxygen atoms in total. The van der Waals surface area contributed by atoms with Crippen LogP contribution in [0.5, 0.6) is 5.75 Å². The van der Waals surface area contributed by atoms with Crippen LogP contribution in [0.1, 0.15) is 12.5 Å². The van der Waals surface area contributed by atoms with Gasteiger partial charge in [-0.3, -0.25) is 10.1 Å². The minimum absolute atomic E-state index is 0.0879. The molecular weight excluding hydrogens is 214 g/mol. The Kier molecular flexibility index (Phi) is 3.44. The van der Waals surface area contributed by atoms with Crippen molar-refractivity contribution in [3.8, 4) is 5.75 Å². The van der Waals surface area contributed by atoms with E-state index >= 15 is 0 Å². The first-order valence-electron chi connectivity index (χ1n) is 4.57. The molecule has 86 valence electrons. The molecule has 0 aliphatic carbocycles. The van der Waals surface area contributed by atoms with E-state index in [0.717, 1.165) is 0 Å². The summed E-state index contributed by atoms with van der Waals surface area (Å²) < 4.78 is 5.09. The molecule has 1 N–H and O–H groups in total. The summed E-state index contributed by atoms with van der Waals surface area (Å²) >= 11 is 0. The quantitative estimate of drug-likeness (QED) is 0.622. The topological polar surface area (TPSA) is 89.7 Å². The van der Waals surface area contributed by atoms with E-state index in [1.54, 1.807) is 0 Å². The molecule has 1 unspecified atom stereocenters. The van der Waals surface area contributed by atoms with E-state index in [1.807, 2.05) is 0 Å². The molecular formula is C10H11NO5. The fourth-order valence-electron chi connectivity index (χ4n) is 1.17. The maximum absolute atomic E-state index is 10.6. The van der Waals surface area contributed by atoms with E-state index in [4.69, 9.17) is 9.84 Å². The molecule has 1 aromatic rings. The van der Waals surface area contributed by atoms with E-state index < -0.39 is 17.0 Å². The largest absolute Gasteiger partial charge is 0.479 e. The first kappa shape index (κ1) is 12.0. The standard InChI is InChI=1S/C10H11NO5/c1-6-8(11(14)15)4-3-5-9(6)16-7(2)10(12)13/h3-5,7H,1-2H3,(H,12,13). The van der Waals surface area contributed by atoms with Crippen molar-refractivity contribution in [3.05, 3.63) is 33.9 Å². The number of hydrogen-bond donors (Lipinski definition) is 1. The predicted molar refractivity (Wildman–Crippen MR) is 55.6 cm³/mol. The summed E-state index contributed by atoms with van der Waals surface area (Å²) in [7, 11) is 0. The summed E-state index contributed by atoms with van der Waals surface area (Å²) in [4.78, 5) is 20.7. The van der Waals surface area contributed by atoms with E-state index in [-0.39, 0.29) is 11.4 Å². The first-order valence-corrected chi connectivity index (χ1v) is 4.57. The van der Waals surface area contributed by atoms with Crippen molar-refractivity contribution in [1.82, 2.24) is 0 Å². The lowest BCUT2D eigenvalue weighted by Gasteiger charge is -2.12. The average molecular weight is 225 g/mol. The highest BCUT2D eigenvalue weighted by Crippen LogP contribution is 2.27. The first-order chi connectivity index (χ1) is 7.43. The minimum atomic E-state index is -1.12. The van der Waals surface area contributed by atoms with E-state index in [1.165, 1.54) is 32.0 Å². The zero-order valence-electron chi connectivity index (χ0n) is 8.84. The number of nitrogens with zero attached hydrogens (tertiary/aromatic N) is 1. The Bertz CT molecular complexity index is 429. The van der Waals surface area contributed by atoms with Crippen molar-refractivity contribution >= 4 is 11.7 Å². The summed E-state index contributed by atoms with van der Waals surface area (Å²) in [5.74, 6) is -0.907. The fourth-order valence-corrected chi connectivity index (χ4v) is 1.17. The van der Waals surface area contributed by atoms with E-state index in [0.29, 0.717) is 5.56 Å². The van der Waals surface area contributed by atoms with Crippen LogP contribution in [-0.4, -0.2) is 22.1 Å². The summed E-state index contributed by atoms with van der Waals surface area (Å²) in [6.45, 7) is 2.88. The summed E-state index contributed by atoms with van der Waals surface area (Å²) in [5, 5.41) is 19.3. The van der Waals surface area contributed by atoms with Crippen LogP contribution in [-0.2, 0) is 4.79 Å². The van der Waals surface area contributed by atoms with Gasteiger partial charge in [0.15, 0.2) is 6.10 Å². The Morgan fingerprint density at radius 3 is 2.69 bits per heavy atom. The maximum Gasteiger partial charge on any atom is 0.344 e. The molecule has 0 aliphatic rings. The predicted octanol–water partition coefficient (Wildman–Crippen LogP) is 1.76. The molecule has 0 saturated carbocycles. The number of nitro groups is 1. The highest BCUT2D eigenvalue weighted by atomic mass is 16.6. The monoisotopic (exact) mass is 225 g/mol. The Labute approximate surface area is 91.6 Å². The molecule has 1 aromatic carbocycles. The molecule has 0 heterocycles. The van der Waals surface area contributed by atoms with E-state index in [9.17, 15) is 14.9 Å². The Balaban J connectivity index is 3.02. The van der Waals surface area contributed by atoms with Crippen molar-refractivity contribution in [3.63, 3.8) is 0 Å². The lowest BCUT2D eigenvalue weighted by Crippen LogP contribution is -2.23. The van der Waals surface area contributed by atoms with Crippen LogP contribution in [0.2, 0.25) is 0 Å². The van der Waals surface area contributed by atoms with Gasteiger partial charge in [0.05, 0.1) is 10.5 Å². The molecule has 0 saturated heterocycles. The third-order valence-corrected chi connectivity index (χ3v) is 2.10. The van der Waals surface area contributed by atoms with Crippen LogP contribution in [0, 0.1) is 17.0 Å². The van der Waals surface area contributed by atoms with Gasteiger partial charge in [0, 0.05) is 6.07 Å². The second-order valence-electron chi connectivity index (χ2n) is 3.26. The third-order valence-electron chi connectivity index (χ3n) is 2.10. The van der Waals surface area contributed by atoms with Gasteiger partial charge in [-0.25, -0.2) is 4.79 Å². The summed E-state index contributed by atoms with van der Waals surface area (Å²) in [6, 6.07) is 4.30. The van der Waals surface area contributed by atoms with Crippen molar-refractivity contribution < 1.29 is 19.6 Å². The SMILES string of the molecule is Cc1c(OC(C)C(=O)O)cccc1[N+](=O)[O-]. The van der Waals surface area contributed by atoms with Crippen LogP contribution in [0.15, 0.2) is 18.2 Å². The van der Waals surface area contributed by atoms with Gasteiger partial charge in [-0.2, -0.15) is 0 Å². The van der Waals surface area contributed by atoms with Crippen LogP contribution >= 0.6 is 0 Å². The van der Waals surface area contributed by atoms with Gasteiger partial charge in [-0.05, 0) is 19.9 Å². The highest BCUT2D eigenvalue weighted by Gasteiger charge is 2.18. The zero-order valence-corrected chi connectivity index (χ0v) is 8.84. The number of rotatable bonds is 4. The van der Waals surface area contributed by atoms with Crippen molar-refractivity contribution in [2.45, 2.75) is 20.0 Å². The Morgan fingerprint density at radius 2 is 2.19 bits per heavy atom. The molecule has 16 heavy (non-hydrogen) atoms. The van der Waals surface area contributed by atoms with Gasteiger partial charge in [-0.15, -0.1) is 0 Å². The fraction of sp³-hybridized carbons (Fsp3) is 0.300. The molecule has 1 rings (SSSR count). The van der Waals surface area contributed by atoms with Gasteiger partial charge in [0.25, 0.3) is 5.69 Å². The van der Waals surface area contributed by atoms with Gasteiger partial charge in [0.2, 0.25) is 0 Å². The molecule has 0 spiro atoms. The average Bonchev–Trinajstić information content (AvgIpc) is 2.20. The molecule has 0 aromatic heterocycles. The summed E-state index contributed by atoms with van der Waals surface area (Å²) in [6.07, 6.45) is -1.04. The lowest BCUT2D eigenvalue weighted by atomic mass is 10.2. The number of hydrogen-bond acceptors (Lipinski definition) is 4. The van der Waals surface area contributed by atoms with Crippen LogP contribution in [0.25, 0.3) is 0 Å². The second kappa shape index (κ2) is 4.61. The molecule has 0 bridgehead atoms. The number of ether oxygens (including phenoxy) is 1. The number of carboxylic acid groups (broad SMARTS) is 1. The zero-order chi connectivity index (χ0) is 12.3. The van der Waals surface area contributed by atoms with Crippen molar-refractivity contribution in [2.75, 3.05) is 0 Å². The second-order valence-corrected chi connectivity index (χ2v) is 3.26. The number of carbonyl (C=O) groups is 1. The Hall–Kier alpha value is -2.11. The summed E-state index contributed by atoms with van der Waals surface area (Å²) in [5.41, 5.74) is 0.232. The van der Waals surface area contributed by atoms with Gasteiger partial charge in [0.1, 0.15) is 5.75 Å². The number of nitro benzene ring substituents is 1. The van der Waals surface area contributed by atoms with Crippen LogP contribution in [0.3, 0.4) is 0 Å². The smallest absolute Gasteiger partial charge is 0.344 e. The molecule has 1 atom stereocenters. The normalized spacial score (nSPS) is 11.9. The van der Waals surface area contributed by atoms with Gasteiger partial charge >= 0.3 is 5.97 Å². The van der Waals surface area contributed by atoms with Crippen molar-refractivity contribution in [2.24, 2.45) is 0 Å². The number of benzene rings is 1. The molecule has 0 amide bonds. The van der Waals surface area contributed by atoms with Crippen LogP contribution < -0.4 is 4.74 Å². The number of aliphatic carboxylic acids is 1. The number of carboxylic acids is 1. The molecule has 0 radical (unpaired) electrons. The van der Waals surface area contributed by atoms with Gasteiger partial charge in [-0.1, -0.05) is 6.07 Å². The minimum Gasteiger partial charge on any atom is -0.479 e. The molecule has 6 heteroatoms. The van der Waals surface area contributed by atoms with Gasteiger partial charge < -0.3 is 9.84 Å². The lowest BCUT2D eigenvalue weighted by molar-refractivity contribution is -0.385. The highest BCUT2D eigenvalue weighted by molar-refractivity contribution is 5.72. The third kappa shape index (κ3) is 2.47. The molecule has 0 fully saturated rings. The molecule has 0 aliphatic heterocycles. The van der Waals surface area contributed by atoms with Crippen LogP contribution in [0.4, 0.5) is 5.69 Å². The maximum atomic E-state index is 10.6. The Morgan fingerprint density at radius 1 is 1.56 bits per heavy atom.